The van der Waals surface area contributed by atoms with E-state index in [1.54, 1.807) is 7.11 Å². The third-order valence-electron chi connectivity index (χ3n) is 4.37. The standard InChI is InChI=1S/C18H25NO4/c1-22-15-9-7-14(8-10-15)11-16(18(21)23-2)19-17(20)12-13-5-3-4-6-13/h7-10,13,16H,3-6,11-12H2,1-2H3,(H,19,20)/t16-/m0/s1. The molecule has 0 radical (unpaired) electrons. The number of rotatable bonds is 7. The first-order valence-electron chi connectivity index (χ1n) is 8.12. The average Bonchev–Trinajstić information content (AvgIpc) is 3.07. The van der Waals surface area contributed by atoms with Crippen LogP contribution in [0, 0.1) is 5.92 Å². The molecule has 0 bridgehead atoms. The molecule has 0 spiro atoms. The highest BCUT2D eigenvalue weighted by molar-refractivity contribution is 5.84. The first-order valence-corrected chi connectivity index (χ1v) is 8.12. The number of benzene rings is 1. The van der Waals surface area contributed by atoms with E-state index < -0.39 is 12.0 Å². The molecule has 2 rings (SSSR count). The molecule has 23 heavy (non-hydrogen) atoms. The minimum atomic E-state index is -0.651. The molecule has 1 fully saturated rings. The summed E-state index contributed by atoms with van der Waals surface area (Å²) in [7, 11) is 2.95. The van der Waals surface area contributed by atoms with E-state index in [-0.39, 0.29) is 5.91 Å². The Morgan fingerprint density at radius 3 is 2.39 bits per heavy atom. The van der Waals surface area contributed by atoms with Crippen molar-refractivity contribution in [3.05, 3.63) is 29.8 Å². The maximum atomic E-state index is 12.2. The lowest BCUT2D eigenvalue weighted by Gasteiger charge is -2.18. The van der Waals surface area contributed by atoms with Gasteiger partial charge in [-0.2, -0.15) is 0 Å². The predicted molar refractivity (Wildman–Crippen MR) is 87.2 cm³/mol. The van der Waals surface area contributed by atoms with E-state index in [4.69, 9.17) is 9.47 Å². The maximum Gasteiger partial charge on any atom is 0.328 e. The van der Waals surface area contributed by atoms with Crippen molar-refractivity contribution in [3.63, 3.8) is 0 Å². The van der Waals surface area contributed by atoms with Crippen molar-refractivity contribution < 1.29 is 19.1 Å². The van der Waals surface area contributed by atoms with Crippen molar-refractivity contribution in [3.8, 4) is 5.75 Å². The quantitative estimate of drug-likeness (QED) is 0.784. The first-order chi connectivity index (χ1) is 11.1. The maximum absolute atomic E-state index is 12.2. The SMILES string of the molecule is COC(=O)[C@H](Cc1ccc(OC)cc1)NC(=O)CC1CCCC1. The molecule has 0 saturated heterocycles. The number of amides is 1. The molecule has 5 heteroatoms. The second-order valence-corrected chi connectivity index (χ2v) is 6.05. The van der Waals surface area contributed by atoms with Crippen LogP contribution in [0.15, 0.2) is 24.3 Å². The third-order valence-corrected chi connectivity index (χ3v) is 4.37. The van der Waals surface area contributed by atoms with Crippen LogP contribution >= 0.6 is 0 Å². The summed E-state index contributed by atoms with van der Waals surface area (Å²) in [5, 5.41) is 2.83. The van der Waals surface area contributed by atoms with E-state index >= 15 is 0 Å². The van der Waals surface area contributed by atoms with Crippen molar-refractivity contribution in [2.75, 3.05) is 14.2 Å². The van der Waals surface area contributed by atoms with Gasteiger partial charge in [-0.05, 0) is 36.5 Å². The summed E-state index contributed by atoms with van der Waals surface area (Å²) in [6.45, 7) is 0. The molecule has 1 saturated carbocycles. The summed E-state index contributed by atoms with van der Waals surface area (Å²) in [4.78, 5) is 24.1. The molecular formula is C18H25NO4. The molecule has 1 aromatic rings. The summed E-state index contributed by atoms with van der Waals surface area (Å²) in [5.41, 5.74) is 0.947. The van der Waals surface area contributed by atoms with Gasteiger partial charge in [-0.15, -0.1) is 0 Å². The molecule has 126 valence electrons. The van der Waals surface area contributed by atoms with Gasteiger partial charge in [0.25, 0.3) is 0 Å². The lowest BCUT2D eigenvalue weighted by molar-refractivity contribution is -0.145. The number of ether oxygens (including phenoxy) is 2. The second-order valence-electron chi connectivity index (χ2n) is 6.05. The molecule has 0 aromatic heterocycles. The van der Waals surface area contributed by atoms with Gasteiger partial charge in [0, 0.05) is 12.8 Å². The van der Waals surface area contributed by atoms with E-state index in [1.165, 1.54) is 20.0 Å². The zero-order valence-electron chi connectivity index (χ0n) is 13.8. The van der Waals surface area contributed by atoms with E-state index in [9.17, 15) is 9.59 Å². The van der Waals surface area contributed by atoms with Crippen molar-refractivity contribution in [1.82, 2.24) is 5.32 Å². The fraction of sp³-hybridized carbons (Fsp3) is 0.556. The molecule has 0 aliphatic heterocycles. The van der Waals surface area contributed by atoms with Crippen LogP contribution in [0.4, 0.5) is 0 Å². The largest absolute Gasteiger partial charge is 0.497 e. The van der Waals surface area contributed by atoms with Crippen LogP contribution in [0.2, 0.25) is 0 Å². The minimum Gasteiger partial charge on any atom is -0.497 e. The zero-order valence-corrected chi connectivity index (χ0v) is 13.8. The Bertz CT molecular complexity index is 520. The second kappa shape index (κ2) is 8.56. The number of methoxy groups -OCH3 is 2. The number of nitrogens with one attached hydrogen (secondary N) is 1. The summed E-state index contributed by atoms with van der Waals surface area (Å²) < 4.78 is 9.94. The van der Waals surface area contributed by atoms with Gasteiger partial charge < -0.3 is 14.8 Å². The lowest BCUT2D eigenvalue weighted by atomic mass is 10.0. The van der Waals surface area contributed by atoms with E-state index in [0.717, 1.165) is 24.2 Å². The van der Waals surface area contributed by atoms with Crippen LogP contribution in [0.25, 0.3) is 0 Å². The third kappa shape index (κ3) is 5.27. The van der Waals surface area contributed by atoms with Crippen LogP contribution in [0.1, 0.15) is 37.7 Å². The molecule has 1 amide bonds. The van der Waals surface area contributed by atoms with Crippen molar-refractivity contribution in [1.29, 1.82) is 0 Å². The number of carbonyl (C=O) groups excluding carboxylic acids is 2. The summed E-state index contributed by atoms with van der Waals surface area (Å²) in [5.74, 6) is 0.726. The Morgan fingerprint density at radius 1 is 1.17 bits per heavy atom. The fourth-order valence-corrected chi connectivity index (χ4v) is 3.06. The van der Waals surface area contributed by atoms with E-state index in [0.29, 0.717) is 18.8 Å². The lowest BCUT2D eigenvalue weighted by Crippen LogP contribution is -2.43. The first kappa shape index (κ1) is 17.3. The van der Waals surface area contributed by atoms with Crippen LogP contribution < -0.4 is 10.1 Å². The predicted octanol–water partition coefficient (Wildman–Crippen LogP) is 2.48. The van der Waals surface area contributed by atoms with Gasteiger partial charge in [0.15, 0.2) is 0 Å². The Kier molecular flexibility index (Phi) is 6.44. The molecule has 5 nitrogen and oxygen atoms in total. The van der Waals surface area contributed by atoms with Gasteiger partial charge in [-0.1, -0.05) is 25.0 Å². The van der Waals surface area contributed by atoms with Crippen LogP contribution in [-0.4, -0.2) is 32.1 Å². The summed E-state index contributed by atoms with van der Waals surface area (Å²) in [6.07, 6.45) is 5.52. The van der Waals surface area contributed by atoms with Crippen molar-refractivity contribution in [2.45, 2.75) is 44.6 Å². The smallest absolute Gasteiger partial charge is 0.328 e. The van der Waals surface area contributed by atoms with Crippen molar-refractivity contribution in [2.24, 2.45) is 5.92 Å². The van der Waals surface area contributed by atoms with Gasteiger partial charge >= 0.3 is 5.97 Å². The summed E-state index contributed by atoms with van der Waals surface area (Å²) >= 11 is 0. The van der Waals surface area contributed by atoms with Gasteiger partial charge in [0.2, 0.25) is 5.91 Å². The monoisotopic (exact) mass is 319 g/mol. The van der Waals surface area contributed by atoms with Crippen LogP contribution in [-0.2, 0) is 20.7 Å². The highest BCUT2D eigenvalue weighted by Crippen LogP contribution is 2.27. The molecule has 1 aliphatic rings. The van der Waals surface area contributed by atoms with Crippen molar-refractivity contribution >= 4 is 11.9 Å². The highest BCUT2D eigenvalue weighted by Gasteiger charge is 2.24. The number of carbonyl (C=O) groups is 2. The summed E-state index contributed by atoms with van der Waals surface area (Å²) in [6, 6.07) is 6.80. The molecule has 1 N–H and O–H groups in total. The Hall–Kier alpha value is -2.04. The molecule has 1 atom stereocenters. The number of hydrogen-bond donors (Lipinski definition) is 1. The Morgan fingerprint density at radius 2 is 1.83 bits per heavy atom. The van der Waals surface area contributed by atoms with Crippen LogP contribution in [0.5, 0.6) is 5.75 Å². The van der Waals surface area contributed by atoms with Gasteiger partial charge in [-0.25, -0.2) is 4.79 Å². The number of esters is 1. The zero-order chi connectivity index (χ0) is 16.7. The molecule has 0 heterocycles. The van der Waals surface area contributed by atoms with Gasteiger partial charge in [0.05, 0.1) is 14.2 Å². The fourth-order valence-electron chi connectivity index (χ4n) is 3.06. The van der Waals surface area contributed by atoms with E-state index in [1.807, 2.05) is 24.3 Å². The average molecular weight is 319 g/mol. The highest BCUT2D eigenvalue weighted by atomic mass is 16.5. The van der Waals surface area contributed by atoms with Gasteiger partial charge in [0.1, 0.15) is 11.8 Å². The van der Waals surface area contributed by atoms with Crippen LogP contribution in [0.3, 0.4) is 0 Å². The molecule has 1 aliphatic carbocycles. The Labute approximate surface area is 137 Å². The molecule has 1 aromatic carbocycles. The number of hydrogen-bond acceptors (Lipinski definition) is 4. The Balaban J connectivity index is 1.95. The normalized spacial score (nSPS) is 15.9. The molecule has 0 unspecified atom stereocenters. The van der Waals surface area contributed by atoms with Gasteiger partial charge in [-0.3, -0.25) is 4.79 Å². The van der Waals surface area contributed by atoms with E-state index in [2.05, 4.69) is 5.32 Å². The molecular weight excluding hydrogens is 294 g/mol. The topological polar surface area (TPSA) is 64.6 Å². The minimum absolute atomic E-state index is 0.0687.